The molecule has 11 heteroatoms. The number of carbonyl (C=O) groups excluding carboxylic acids is 2. The topological polar surface area (TPSA) is 113 Å². The number of nitrogens with one attached hydrogen (secondary N) is 1. The molecule has 0 spiro atoms. The van der Waals surface area contributed by atoms with E-state index in [9.17, 15) is 18.0 Å². The normalized spacial score (nSPS) is 12.8. The molecule has 0 atom stereocenters. The number of halogens is 1. The van der Waals surface area contributed by atoms with Crippen LogP contribution in [0.5, 0.6) is 0 Å². The molecule has 0 aliphatic carbocycles. The maximum Gasteiger partial charge on any atom is 0.265 e. The molecule has 1 N–H and O–H groups in total. The number of amides is 2. The van der Waals surface area contributed by atoms with Crippen LogP contribution in [0.2, 0.25) is 5.02 Å². The third kappa shape index (κ3) is 7.66. The molecule has 6 rings (SSSR count). The molecule has 2 amide bonds. The quantitative estimate of drug-likeness (QED) is 0.141. The zero-order valence-corrected chi connectivity index (χ0v) is 29.8. The number of hydrogen-bond acceptors (Lipinski definition) is 7. The third-order valence-electron chi connectivity index (χ3n) is 9.03. The molecular formula is C39H40ClN5O4S. The minimum atomic E-state index is -4.28. The first-order valence-electron chi connectivity index (χ1n) is 17.0. The minimum Gasteiger partial charge on any atom is -0.341 e. The number of anilines is 1. The Balaban J connectivity index is 1.36. The lowest BCUT2D eigenvalue weighted by Crippen LogP contribution is -2.36. The van der Waals surface area contributed by atoms with Gasteiger partial charge in [-0.25, -0.2) is 23.1 Å². The summed E-state index contributed by atoms with van der Waals surface area (Å²) in [5.41, 5.74) is 3.62. The van der Waals surface area contributed by atoms with E-state index in [0.29, 0.717) is 47.1 Å². The summed E-state index contributed by atoms with van der Waals surface area (Å²) in [7, 11) is -4.28. The summed E-state index contributed by atoms with van der Waals surface area (Å²) in [6, 6.07) is 24.2. The van der Waals surface area contributed by atoms with Gasteiger partial charge in [0.15, 0.2) is 0 Å². The van der Waals surface area contributed by atoms with Gasteiger partial charge in [-0.2, -0.15) is 0 Å². The summed E-state index contributed by atoms with van der Waals surface area (Å²) in [5.74, 6) is -0.550. The number of fused-ring (bicyclic) bond motifs is 2. The molecule has 258 valence electrons. The first kappa shape index (κ1) is 35.0. The van der Waals surface area contributed by atoms with Crippen LogP contribution in [-0.4, -0.2) is 54.7 Å². The molecule has 5 aromatic rings. The molecule has 9 nitrogen and oxygen atoms in total. The lowest BCUT2D eigenvalue weighted by atomic mass is 9.96. The van der Waals surface area contributed by atoms with E-state index in [1.165, 1.54) is 29.8 Å². The van der Waals surface area contributed by atoms with Gasteiger partial charge in [0.05, 0.1) is 10.6 Å². The van der Waals surface area contributed by atoms with Gasteiger partial charge in [-0.15, -0.1) is 0 Å². The van der Waals surface area contributed by atoms with Gasteiger partial charge >= 0.3 is 0 Å². The van der Waals surface area contributed by atoms with Gasteiger partial charge in [-0.1, -0.05) is 86.8 Å². The minimum absolute atomic E-state index is 0.0266. The maximum absolute atomic E-state index is 14.4. The number of rotatable bonds is 12. The van der Waals surface area contributed by atoms with Crippen LogP contribution in [0.25, 0.3) is 22.0 Å². The monoisotopic (exact) mass is 709 g/mol. The van der Waals surface area contributed by atoms with Crippen molar-refractivity contribution in [1.82, 2.24) is 19.6 Å². The van der Waals surface area contributed by atoms with Crippen LogP contribution >= 0.6 is 11.6 Å². The molecule has 0 fully saturated rings. The molecule has 0 unspecified atom stereocenters. The molecule has 0 saturated heterocycles. The molecule has 0 saturated carbocycles. The smallest absolute Gasteiger partial charge is 0.265 e. The second-order valence-corrected chi connectivity index (χ2v) is 14.6. The number of benzene rings is 4. The second-order valence-electron chi connectivity index (χ2n) is 12.5. The van der Waals surface area contributed by atoms with Crippen molar-refractivity contribution in [3.05, 3.63) is 118 Å². The Morgan fingerprint density at radius 1 is 0.900 bits per heavy atom. The van der Waals surface area contributed by atoms with Crippen molar-refractivity contribution in [3.63, 3.8) is 0 Å². The van der Waals surface area contributed by atoms with Crippen LogP contribution < -0.4 is 9.62 Å². The fraction of sp³-hybridized carbons (Fsp3) is 0.282. The van der Waals surface area contributed by atoms with E-state index >= 15 is 0 Å². The number of sulfonamides is 1. The van der Waals surface area contributed by atoms with E-state index in [1.807, 2.05) is 24.3 Å². The highest BCUT2D eigenvalue weighted by molar-refractivity contribution is 7.90. The van der Waals surface area contributed by atoms with Gasteiger partial charge in [0.25, 0.3) is 21.8 Å². The largest absolute Gasteiger partial charge is 0.341 e. The summed E-state index contributed by atoms with van der Waals surface area (Å²) in [6.45, 7) is 6.84. The van der Waals surface area contributed by atoms with Crippen LogP contribution in [0.3, 0.4) is 0 Å². The number of carbonyl (C=O) groups is 2. The van der Waals surface area contributed by atoms with E-state index in [1.54, 1.807) is 41.4 Å². The molecule has 2 heterocycles. The van der Waals surface area contributed by atoms with E-state index < -0.39 is 15.9 Å². The average Bonchev–Trinajstić information content (AvgIpc) is 3.14. The molecule has 1 aromatic heterocycles. The van der Waals surface area contributed by atoms with Crippen LogP contribution in [-0.2, 0) is 23.0 Å². The predicted molar refractivity (Wildman–Crippen MR) is 198 cm³/mol. The Kier molecular flexibility index (Phi) is 10.8. The van der Waals surface area contributed by atoms with Gasteiger partial charge in [0, 0.05) is 59.5 Å². The standard InChI is InChI=1S/C39H40ClN5O4S/c1-3-5-21-44(22-6-4-2)39-41-20-18-36(42-39)32-17-15-29(24-34(32)38(47)45-23-19-27-10-7-8-11-30(27)26-45)37(46)43-50(48,49)31-16-14-28-12-9-13-35(40)33(28)25-31/h7-18,20,24-25H,3-6,19,21-23,26H2,1-2H3,(H,43,46). The van der Waals surface area contributed by atoms with Crippen LogP contribution in [0.4, 0.5) is 5.95 Å². The molecule has 4 aromatic carbocycles. The maximum atomic E-state index is 14.4. The summed E-state index contributed by atoms with van der Waals surface area (Å²) >= 11 is 6.33. The molecule has 0 bridgehead atoms. The zero-order chi connectivity index (χ0) is 35.3. The summed E-state index contributed by atoms with van der Waals surface area (Å²) in [6.07, 6.45) is 6.46. The first-order valence-corrected chi connectivity index (χ1v) is 18.9. The average molecular weight is 710 g/mol. The predicted octanol–water partition coefficient (Wildman–Crippen LogP) is 7.67. The number of hydrogen-bond donors (Lipinski definition) is 1. The van der Waals surface area contributed by atoms with Crippen molar-refractivity contribution >= 4 is 50.2 Å². The molecule has 50 heavy (non-hydrogen) atoms. The van der Waals surface area contributed by atoms with Gasteiger partial charge in [0.1, 0.15) is 0 Å². The second kappa shape index (κ2) is 15.4. The van der Waals surface area contributed by atoms with E-state index in [0.717, 1.165) is 49.7 Å². The Hall–Kier alpha value is -4.80. The SMILES string of the molecule is CCCCN(CCCC)c1nccc(-c2ccc(C(=O)NS(=O)(=O)c3ccc4cccc(Cl)c4c3)cc2C(=O)N2CCc3ccccc3C2)n1. The fourth-order valence-electron chi connectivity index (χ4n) is 6.21. The van der Waals surface area contributed by atoms with Gasteiger partial charge in [-0.05, 0) is 72.2 Å². The van der Waals surface area contributed by atoms with Crippen molar-refractivity contribution in [2.75, 3.05) is 24.5 Å². The molecule has 0 radical (unpaired) electrons. The van der Waals surface area contributed by atoms with Crippen molar-refractivity contribution in [1.29, 1.82) is 0 Å². The highest BCUT2D eigenvalue weighted by atomic mass is 35.5. The van der Waals surface area contributed by atoms with Crippen molar-refractivity contribution in [2.45, 2.75) is 57.4 Å². The Morgan fingerprint density at radius 3 is 2.42 bits per heavy atom. The zero-order valence-electron chi connectivity index (χ0n) is 28.2. The highest BCUT2D eigenvalue weighted by Crippen LogP contribution is 2.30. The van der Waals surface area contributed by atoms with Gasteiger partial charge in [0.2, 0.25) is 5.95 Å². The van der Waals surface area contributed by atoms with Gasteiger partial charge < -0.3 is 9.80 Å². The van der Waals surface area contributed by atoms with Crippen LogP contribution in [0.15, 0.2) is 96.0 Å². The van der Waals surface area contributed by atoms with E-state index in [-0.39, 0.29) is 21.9 Å². The van der Waals surface area contributed by atoms with Crippen LogP contribution in [0.1, 0.15) is 71.4 Å². The lowest BCUT2D eigenvalue weighted by molar-refractivity contribution is 0.0735. The third-order valence-corrected chi connectivity index (χ3v) is 10.7. The summed E-state index contributed by atoms with van der Waals surface area (Å²) < 4.78 is 29.0. The Labute approximate surface area is 298 Å². The van der Waals surface area contributed by atoms with Crippen LogP contribution in [0, 0.1) is 0 Å². The van der Waals surface area contributed by atoms with E-state index in [4.69, 9.17) is 16.6 Å². The number of nitrogens with zero attached hydrogens (tertiary/aromatic N) is 4. The highest BCUT2D eigenvalue weighted by Gasteiger charge is 2.27. The lowest BCUT2D eigenvalue weighted by Gasteiger charge is -2.29. The first-order chi connectivity index (χ1) is 24.2. The summed E-state index contributed by atoms with van der Waals surface area (Å²) in [4.78, 5) is 41.3. The Morgan fingerprint density at radius 2 is 1.66 bits per heavy atom. The number of aromatic nitrogens is 2. The Bertz CT molecular complexity index is 2150. The summed E-state index contributed by atoms with van der Waals surface area (Å²) in [5, 5.41) is 1.72. The molecule has 1 aliphatic heterocycles. The van der Waals surface area contributed by atoms with Crippen molar-refractivity contribution in [2.24, 2.45) is 0 Å². The molecule has 1 aliphatic rings. The van der Waals surface area contributed by atoms with Crippen molar-refractivity contribution in [3.8, 4) is 11.3 Å². The fourth-order valence-corrected chi connectivity index (χ4v) is 7.44. The van der Waals surface area contributed by atoms with E-state index in [2.05, 4.69) is 34.5 Å². The van der Waals surface area contributed by atoms with Crippen molar-refractivity contribution < 1.29 is 18.0 Å². The number of unbranched alkanes of at least 4 members (excludes halogenated alkanes) is 2. The van der Waals surface area contributed by atoms with Gasteiger partial charge in [-0.3, -0.25) is 9.59 Å². The molecular weight excluding hydrogens is 670 g/mol.